The molecule has 0 amide bonds. The highest BCUT2D eigenvalue weighted by atomic mass is 79.9. The Morgan fingerprint density at radius 1 is 1.33 bits per heavy atom. The van der Waals surface area contributed by atoms with Crippen LogP contribution in [0.5, 0.6) is 0 Å². The molecular formula is C12H15BrN4O. The lowest BCUT2D eigenvalue weighted by atomic mass is 10.2. The van der Waals surface area contributed by atoms with E-state index in [1.165, 1.54) is 5.56 Å². The molecule has 96 valence electrons. The molecule has 0 fully saturated rings. The van der Waals surface area contributed by atoms with Gasteiger partial charge in [0.05, 0.1) is 13.1 Å². The molecule has 0 aliphatic rings. The molecule has 1 heterocycles. The van der Waals surface area contributed by atoms with E-state index in [1.54, 1.807) is 0 Å². The summed E-state index contributed by atoms with van der Waals surface area (Å²) in [5.41, 5.74) is 6.65. The molecule has 5 nitrogen and oxygen atoms in total. The van der Waals surface area contributed by atoms with Gasteiger partial charge in [-0.3, -0.25) is 4.90 Å². The van der Waals surface area contributed by atoms with Crippen LogP contribution in [-0.2, 0) is 19.6 Å². The van der Waals surface area contributed by atoms with Gasteiger partial charge in [-0.25, -0.2) is 0 Å². The Morgan fingerprint density at radius 3 is 2.78 bits per heavy atom. The first-order valence-corrected chi connectivity index (χ1v) is 6.42. The van der Waals surface area contributed by atoms with Gasteiger partial charge in [0.2, 0.25) is 5.89 Å². The minimum absolute atomic E-state index is 0.279. The average Bonchev–Trinajstić information content (AvgIpc) is 2.80. The molecule has 0 saturated carbocycles. The second-order valence-electron chi connectivity index (χ2n) is 4.07. The molecule has 2 aromatic rings. The number of aromatic nitrogens is 2. The molecule has 6 heteroatoms. The van der Waals surface area contributed by atoms with E-state index in [0.717, 1.165) is 11.0 Å². The molecule has 0 radical (unpaired) electrons. The fraction of sp³-hybridized carbons (Fsp3) is 0.333. The standard InChI is InChI=1S/C12H15BrN4O/c1-17(7-9-4-2-3-5-10(9)13)8-11-15-12(6-14)18-16-11/h2-5H,6-8,14H2,1H3. The number of nitrogens with two attached hydrogens (primary N) is 1. The van der Waals surface area contributed by atoms with Gasteiger partial charge in [0.15, 0.2) is 5.82 Å². The summed E-state index contributed by atoms with van der Waals surface area (Å²) < 4.78 is 6.07. The number of hydrogen-bond donors (Lipinski definition) is 1. The van der Waals surface area contributed by atoms with Gasteiger partial charge in [0.1, 0.15) is 0 Å². The van der Waals surface area contributed by atoms with Crippen LogP contribution in [0.2, 0.25) is 0 Å². The van der Waals surface area contributed by atoms with Gasteiger partial charge in [-0.2, -0.15) is 4.98 Å². The zero-order valence-electron chi connectivity index (χ0n) is 10.1. The average molecular weight is 311 g/mol. The van der Waals surface area contributed by atoms with Crippen LogP contribution in [0.4, 0.5) is 0 Å². The van der Waals surface area contributed by atoms with Gasteiger partial charge in [0, 0.05) is 11.0 Å². The summed E-state index contributed by atoms with van der Waals surface area (Å²) in [4.78, 5) is 6.29. The van der Waals surface area contributed by atoms with Gasteiger partial charge in [-0.05, 0) is 18.7 Å². The normalized spacial score (nSPS) is 11.1. The Bertz CT molecular complexity index is 514. The summed E-state index contributed by atoms with van der Waals surface area (Å²) in [6.07, 6.45) is 0. The quantitative estimate of drug-likeness (QED) is 0.914. The largest absolute Gasteiger partial charge is 0.338 e. The molecule has 0 aliphatic heterocycles. The number of nitrogens with zero attached hydrogens (tertiary/aromatic N) is 3. The zero-order valence-corrected chi connectivity index (χ0v) is 11.7. The Morgan fingerprint density at radius 2 is 2.11 bits per heavy atom. The Labute approximate surface area is 114 Å². The van der Waals surface area contributed by atoms with Crippen LogP contribution in [0.15, 0.2) is 33.3 Å². The monoisotopic (exact) mass is 310 g/mol. The van der Waals surface area contributed by atoms with Crippen LogP contribution in [0.3, 0.4) is 0 Å². The van der Waals surface area contributed by atoms with Crippen molar-refractivity contribution >= 4 is 15.9 Å². The van der Waals surface area contributed by atoms with Crippen molar-refractivity contribution in [3.8, 4) is 0 Å². The summed E-state index contributed by atoms with van der Waals surface area (Å²) in [7, 11) is 2.01. The third-order valence-corrected chi connectivity index (χ3v) is 3.27. The van der Waals surface area contributed by atoms with Crippen molar-refractivity contribution in [2.45, 2.75) is 19.6 Å². The fourth-order valence-electron chi connectivity index (χ4n) is 1.65. The van der Waals surface area contributed by atoms with E-state index >= 15 is 0 Å². The van der Waals surface area contributed by atoms with Crippen molar-refractivity contribution < 1.29 is 4.52 Å². The molecule has 18 heavy (non-hydrogen) atoms. The Balaban J connectivity index is 1.96. The minimum Gasteiger partial charge on any atom is -0.338 e. The molecule has 1 aromatic carbocycles. The van der Waals surface area contributed by atoms with Gasteiger partial charge in [0.25, 0.3) is 0 Å². The van der Waals surface area contributed by atoms with Crippen LogP contribution in [0.25, 0.3) is 0 Å². The molecule has 0 atom stereocenters. The maximum atomic E-state index is 5.42. The molecule has 0 bridgehead atoms. The predicted octanol–water partition coefficient (Wildman–Crippen LogP) is 1.92. The molecule has 2 rings (SSSR count). The highest BCUT2D eigenvalue weighted by Crippen LogP contribution is 2.17. The first-order chi connectivity index (χ1) is 8.69. The van der Waals surface area contributed by atoms with Crippen molar-refractivity contribution in [1.82, 2.24) is 15.0 Å². The van der Waals surface area contributed by atoms with Crippen LogP contribution < -0.4 is 5.73 Å². The van der Waals surface area contributed by atoms with Crippen LogP contribution in [0, 0.1) is 0 Å². The zero-order chi connectivity index (χ0) is 13.0. The third kappa shape index (κ3) is 3.38. The number of hydrogen-bond acceptors (Lipinski definition) is 5. The van der Waals surface area contributed by atoms with Gasteiger partial charge < -0.3 is 10.3 Å². The van der Waals surface area contributed by atoms with Crippen LogP contribution in [0.1, 0.15) is 17.3 Å². The van der Waals surface area contributed by atoms with E-state index in [2.05, 4.69) is 37.0 Å². The van der Waals surface area contributed by atoms with Gasteiger partial charge in [-0.15, -0.1) is 0 Å². The van der Waals surface area contributed by atoms with E-state index < -0.39 is 0 Å². The smallest absolute Gasteiger partial charge is 0.240 e. The highest BCUT2D eigenvalue weighted by Gasteiger charge is 2.09. The molecule has 0 spiro atoms. The van der Waals surface area contributed by atoms with E-state index in [-0.39, 0.29) is 6.54 Å². The van der Waals surface area contributed by atoms with Gasteiger partial charge in [-0.1, -0.05) is 39.3 Å². The van der Waals surface area contributed by atoms with Crippen molar-refractivity contribution in [1.29, 1.82) is 0 Å². The van der Waals surface area contributed by atoms with E-state index in [9.17, 15) is 0 Å². The first-order valence-electron chi connectivity index (χ1n) is 5.62. The minimum atomic E-state index is 0.279. The maximum absolute atomic E-state index is 5.42. The predicted molar refractivity (Wildman–Crippen MR) is 71.5 cm³/mol. The second-order valence-corrected chi connectivity index (χ2v) is 4.93. The van der Waals surface area contributed by atoms with Crippen molar-refractivity contribution in [3.63, 3.8) is 0 Å². The van der Waals surface area contributed by atoms with Crippen LogP contribution >= 0.6 is 15.9 Å². The molecule has 0 saturated heterocycles. The summed E-state index contributed by atoms with van der Waals surface area (Å²) in [6.45, 7) is 1.72. The van der Waals surface area contributed by atoms with Crippen molar-refractivity contribution in [2.75, 3.05) is 7.05 Å². The van der Waals surface area contributed by atoms with Crippen LogP contribution in [-0.4, -0.2) is 22.1 Å². The first kappa shape index (κ1) is 13.2. The lowest BCUT2D eigenvalue weighted by molar-refractivity contribution is 0.299. The molecule has 0 unspecified atom stereocenters. The highest BCUT2D eigenvalue weighted by molar-refractivity contribution is 9.10. The number of benzene rings is 1. The topological polar surface area (TPSA) is 68.2 Å². The SMILES string of the molecule is CN(Cc1noc(CN)n1)Cc1ccccc1Br. The summed E-state index contributed by atoms with van der Waals surface area (Å²) in [5, 5.41) is 3.87. The van der Waals surface area contributed by atoms with Crippen molar-refractivity contribution in [3.05, 3.63) is 46.0 Å². The molecule has 0 aliphatic carbocycles. The summed E-state index contributed by atoms with van der Waals surface area (Å²) in [5.74, 6) is 1.13. The second kappa shape index (κ2) is 6.08. The number of rotatable bonds is 5. The maximum Gasteiger partial charge on any atom is 0.240 e. The Hall–Kier alpha value is -1.24. The summed E-state index contributed by atoms with van der Waals surface area (Å²) >= 11 is 3.53. The fourth-order valence-corrected chi connectivity index (χ4v) is 2.06. The lowest BCUT2D eigenvalue weighted by Gasteiger charge is -2.15. The molecular weight excluding hydrogens is 296 g/mol. The lowest BCUT2D eigenvalue weighted by Crippen LogP contribution is -2.18. The van der Waals surface area contributed by atoms with E-state index in [1.807, 2.05) is 25.2 Å². The Kier molecular flexibility index (Phi) is 4.46. The molecule has 2 N–H and O–H groups in total. The number of halogens is 1. The third-order valence-electron chi connectivity index (χ3n) is 2.49. The van der Waals surface area contributed by atoms with E-state index in [0.29, 0.717) is 18.3 Å². The van der Waals surface area contributed by atoms with Gasteiger partial charge >= 0.3 is 0 Å². The van der Waals surface area contributed by atoms with E-state index in [4.69, 9.17) is 10.3 Å². The molecule has 1 aromatic heterocycles. The van der Waals surface area contributed by atoms with Crippen molar-refractivity contribution in [2.24, 2.45) is 5.73 Å². The summed E-state index contributed by atoms with van der Waals surface area (Å²) in [6, 6.07) is 8.14.